The molecule has 0 unspecified atom stereocenters. The Labute approximate surface area is 174 Å². The molecule has 29 heavy (non-hydrogen) atoms. The van der Waals surface area contributed by atoms with Gasteiger partial charge in [-0.3, -0.25) is 15.0 Å². The maximum Gasteiger partial charge on any atom is 0.325 e. The summed E-state index contributed by atoms with van der Waals surface area (Å²) in [4.78, 5) is 26.1. The maximum atomic E-state index is 12.5. The van der Waals surface area contributed by atoms with E-state index in [9.17, 15) is 18.0 Å². The minimum Gasteiger partial charge on any atom is -0.307 e. The van der Waals surface area contributed by atoms with Gasteiger partial charge in [0.05, 0.1) is 6.54 Å². The highest BCUT2D eigenvalue weighted by molar-refractivity contribution is 7.91. The number of rotatable bonds is 5. The Hall–Kier alpha value is -2.27. The van der Waals surface area contributed by atoms with Crippen LogP contribution in [0, 0.1) is 13.8 Å². The molecule has 2 aromatic rings. The Morgan fingerprint density at radius 2 is 1.83 bits per heavy atom. The number of thiophene rings is 1. The van der Waals surface area contributed by atoms with E-state index in [2.05, 4.69) is 10.6 Å². The number of urea groups is 1. The molecule has 0 atom stereocenters. The molecule has 0 spiro atoms. The van der Waals surface area contributed by atoms with Crippen molar-refractivity contribution in [3.8, 4) is 0 Å². The predicted molar refractivity (Wildman–Crippen MR) is 113 cm³/mol. The zero-order valence-electron chi connectivity index (χ0n) is 16.3. The summed E-state index contributed by atoms with van der Waals surface area (Å²) in [5.74, 6) is -0.429. The second-order valence-electron chi connectivity index (χ2n) is 6.93. The highest BCUT2D eigenvalue weighted by Crippen LogP contribution is 2.22. The standard InChI is InChI=1S/C19H24N4O4S2/c1-14-5-6-16(15(2)12-14)20-19(25)21-17(24)13-22-7-9-23(10-8-22)29(26,27)18-4-3-11-28-18/h3-6,11-12H,7-10,13H2,1-2H3,(H2,20,21,24,25). The second kappa shape index (κ2) is 9.04. The number of aryl methyl sites for hydroxylation is 2. The Kier molecular flexibility index (Phi) is 6.68. The van der Waals surface area contributed by atoms with Crippen molar-refractivity contribution in [3.63, 3.8) is 0 Å². The normalized spacial score (nSPS) is 15.8. The zero-order chi connectivity index (χ0) is 21.0. The lowest BCUT2D eigenvalue weighted by molar-refractivity contribution is -0.121. The fraction of sp³-hybridized carbons (Fsp3) is 0.368. The smallest absolute Gasteiger partial charge is 0.307 e. The molecule has 10 heteroatoms. The number of imide groups is 1. The van der Waals surface area contributed by atoms with E-state index in [1.807, 2.05) is 30.9 Å². The average Bonchev–Trinajstić information content (AvgIpc) is 3.20. The Morgan fingerprint density at radius 1 is 1.10 bits per heavy atom. The fourth-order valence-corrected chi connectivity index (χ4v) is 5.71. The van der Waals surface area contributed by atoms with Gasteiger partial charge in [0.25, 0.3) is 10.0 Å². The van der Waals surface area contributed by atoms with Crippen molar-refractivity contribution < 1.29 is 18.0 Å². The van der Waals surface area contributed by atoms with E-state index in [-0.39, 0.29) is 6.54 Å². The molecule has 1 fully saturated rings. The first kappa shape index (κ1) is 21.4. The van der Waals surface area contributed by atoms with Gasteiger partial charge < -0.3 is 5.32 Å². The van der Waals surface area contributed by atoms with Crippen LogP contribution in [0.25, 0.3) is 0 Å². The van der Waals surface area contributed by atoms with Gasteiger partial charge in [-0.05, 0) is 36.9 Å². The Morgan fingerprint density at radius 3 is 2.45 bits per heavy atom. The van der Waals surface area contributed by atoms with Crippen molar-refractivity contribution in [2.45, 2.75) is 18.1 Å². The molecule has 0 bridgehead atoms. The van der Waals surface area contributed by atoms with E-state index in [0.29, 0.717) is 36.1 Å². The first-order valence-corrected chi connectivity index (χ1v) is 11.5. The van der Waals surface area contributed by atoms with Gasteiger partial charge in [0.2, 0.25) is 5.91 Å². The number of nitrogens with zero attached hydrogens (tertiary/aromatic N) is 2. The Bertz CT molecular complexity index is 982. The molecule has 1 aliphatic heterocycles. The number of anilines is 1. The first-order chi connectivity index (χ1) is 13.8. The van der Waals surface area contributed by atoms with Crippen LogP contribution >= 0.6 is 11.3 Å². The van der Waals surface area contributed by atoms with E-state index in [0.717, 1.165) is 11.1 Å². The molecule has 1 aliphatic rings. The van der Waals surface area contributed by atoms with E-state index < -0.39 is 22.0 Å². The fourth-order valence-electron chi connectivity index (χ4n) is 3.14. The number of nitrogens with one attached hydrogen (secondary N) is 2. The molecule has 3 rings (SSSR count). The summed E-state index contributed by atoms with van der Waals surface area (Å²) in [5.41, 5.74) is 2.65. The van der Waals surface area contributed by atoms with Crippen LogP contribution in [-0.4, -0.2) is 62.3 Å². The van der Waals surface area contributed by atoms with Crippen LogP contribution in [0.4, 0.5) is 10.5 Å². The molecule has 2 N–H and O–H groups in total. The van der Waals surface area contributed by atoms with Gasteiger partial charge in [-0.1, -0.05) is 23.8 Å². The molecule has 0 saturated carbocycles. The molecule has 1 saturated heterocycles. The topological polar surface area (TPSA) is 98.8 Å². The molecular formula is C19H24N4O4S2. The number of piperazine rings is 1. The molecule has 3 amide bonds. The number of amides is 3. The van der Waals surface area contributed by atoms with Gasteiger partial charge in [0, 0.05) is 31.9 Å². The highest BCUT2D eigenvalue weighted by Gasteiger charge is 2.29. The van der Waals surface area contributed by atoms with Gasteiger partial charge in [-0.2, -0.15) is 4.31 Å². The summed E-state index contributed by atoms with van der Waals surface area (Å²) in [6.07, 6.45) is 0. The average molecular weight is 437 g/mol. The summed E-state index contributed by atoms with van der Waals surface area (Å²) in [6.45, 7) is 5.35. The lowest BCUT2D eigenvalue weighted by atomic mass is 10.1. The molecule has 156 valence electrons. The minimum atomic E-state index is -3.47. The second-order valence-corrected chi connectivity index (χ2v) is 10.0. The number of benzene rings is 1. The van der Waals surface area contributed by atoms with E-state index in [4.69, 9.17) is 0 Å². The van der Waals surface area contributed by atoms with Crippen molar-refractivity contribution in [3.05, 3.63) is 46.8 Å². The van der Waals surface area contributed by atoms with Gasteiger partial charge in [-0.15, -0.1) is 11.3 Å². The third-order valence-corrected chi connectivity index (χ3v) is 7.94. The summed E-state index contributed by atoms with van der Waals surface area (Å²) in [5, 5.41) is 6.73. The third kappa shape index (κ3) is 5.41. The van der Waals surface area contributed by atoms with Crippen molar-refractivity contribution >= 4 is 39.0 Å². The summed E-state index contributed by atoms with van der Waals surface area (Å²) in [6, 6.07) is 8.34. The highest BCUT2D eigenvalue weighted by atomic mass is 32.2. The number of hydrogen-bond donors (Lipinski definition) is 2. The number of hydrogen-bond acceptors (Lipinski definition) is 6. The quantitative estimate of drug-likeness (QED) is 0.747. The van der Waals surface area contributed by atoms with Crippen LogP contribution in [0.15, 0.2) is 39.9 Å². The lowest BCUT2D eigenvalue weighted by Gasteiger charge is -2.33. The monoisotopic (exact) mass is 436 g/mol. The van der Waals surface area contributed by atoms with Gasteiger partial charge >= 0.3 is 6.03 Å². The van der Waals surface area contributed by atoms with Gasteiger partial charge in [0.15, 0.2) is 0 Å². The summed E-state index contributed by atoms with van der Waals surface area (Å²) < 4.78 is 26.8. The SMILES string of the molecule is Cc1ccc(NC(=O)NC(=O)CN2CCN(S(=O)(=O)c3cccs3)CC2)c(C)c1. The number of carbonyl (C=O) groups excluding carboxylic acids is 2. The van der Waals surface area contributed by atoms with Crippen LogP contribution in [0.5, 0.6) is 0 Å². The maximum absolute atomic E-state index is 12.5. The third-order valence-electron chi connectivity index (χ3n) is 4.67. The zero-order valence-corrected chi connectivity index (χ0v) is 18.0. The van der Waals surface area contributed by atoms with E-state index in [1.165, 1.54) is 15.6 Å². The molecule has 2 heterocycles. The van der Waals surface area contributed by atoms with E-state index in [1.54, 1.807) is 23.6 Å². The largest absolute Gasteiger partial charge is 0.325 e. The van der Waals surface area contributed by atoms with Crippen molar-refractivity contribution in [1.82, 2.24) is 14.5 Å². The minimum absolute atomic E-state index is 0.0349. The van der Waals surface area contributed by atoms with Crippen LogP contribution in [-0.2, 0) is 14.8 Å². The molecule has 1 aromatic heterocycles. The van der Waals surface area contributed by atoms with Gasteiger partial charge in [0.1, 0.15) is 4.21 Å². The molecule has 0 aliphatic carbocycles. The van der Waals surface area contributed by atoms with Crippen LogP contribution in [0.2, 0.25) is 0 Å². The molecule has 1 aromatic carbocycles. The van der Waals surface area contributed by atoms with Crippen molar-refractivity contribution in [2.75, 3.05) is 38.0 Å². The van der Waals surface area contributed by atoms with Crippen LogP contribution in [0.3, 0.4) is 0 Å². The Balaban J connectivity index is 1.46. The molecule has 0 radical (unpaired) electrons. The van der Waals surface area contributed by atoms with Crippen LogP contribution < -0.4 is 10.6 Å². The molecule has 8 nitrogen and oxygen atoms in total. The molecular weight excluding hydrogens is 412 g/mol. The summed E-state index contributed by atoms with van der Waals surface area (Å²) in [7, 11) is -3.47. The van der Waals surface area contributed by atoms with Crippen molar-refractivity contribution in [1.29, 1.82) is 0 Å². The van der Waals surface area contributed by atoms with Gasteiger partial charge in [-0.25, -0.2) is 13.2 Å². The van der Waals surface area contributed by atoms with Crippen LogP contribution in [0.1, 0.15) is 11.1 Å². The van der Waals surface area contributed by atoms with E-state index >= 15 is 0 Å². The number of sulfonamides is 1. The number of carbonyl (C=O) groups is 2. The lowest BCUT2D eigenvalue weighted by Crippen LogP contribution is -2.51. The first-order valence-electron chi connectivity index (χ1n) is 9.20. The summed E-state index contributed by atoms with van der Waals surface area (Å²) >= 11 is 1.19. The van der Waals surface area contributed by atoms with Crippen molar-refractivity contribution in [2.24, 2.45) is 0 Å². The predicted octanol–water partition coefficient (Wildman–Crippen LogP) is 2.02.